The first-order valence-electron chi connectivity index (χ1n) is 33.7. The van der Waals surface area contributed by atoms with Crippen LogP contribution in [0.4, 0.5) is 0 Å². The van der Waals surface area contributed by atoms with Crippen molar-refractivity contribution in [3.63, 3.8) is 0 Å². The lowest BCUT2D eigenvalue weighted by atomic mass is 10.0. The maximum Gasteiger partial charge on any atom is 0.306 e. The molecule has 0 spiro atoms. The maximum atomic E-state index is 12.8. The van der Waals surface area contributed by atoms with Crippen LogP contribution in [0, 0.1) is 0 Å². The van der Waals surface area contributed by atoms with E-state index in [9.17, 15) is 19.0 Å². The molecule has 78 heavy (non-hydrogen) atoms. The van der Waals surface area contributed by atoms with E-state index < -0.39 is 26.5 Å². The highest BCUT2D eigenvalue weighted by Gasteiger charge is 2.22. The van der Waals surface area contributed by atoms with Crippen molar-refractivity contribution >= 4 is 19.8 Å². The summed E-state index contributed by atoms with van der Waals surface area (Å²) in [7, 11) is 1.17. The number of phosphoric ester groups is 1. The lowest BCUT2D eigenvalue weighted by Crippen LogP contribution is -2.37. The first-order chi connectivity index (χ1) is 38.0. The molecular formula is C68H130NO8P. The number of phosphoric acid groups is 1. The molecular weight excluding hydrogens is 990 g/mol. The van der Waals surface area contributed by atoms with Crippen LogP contribution in [0.1, 0.15) is 335 Å². The molecule has 0 amide bonds. The van der Waals surface area contributed by atoms with Gasteiger partial charge in [-0.2, -0.15) is 0 Å². The van der Waals surface area contributed by atoms with Crippen molar-refractivity contribution in [2.45, 2.75) is 341 Å². The third-order valence-electron chi connectivity index (χ3n) is 15.2. The van der Waals surface area contributed by atoms with Crippen LogP contribution in [-0.4, -0.2) is 70.0 Å². The molecule has 0 aromatic rings. The number of carbonyl (C=O) groups excluding carboxylic acids is 2. The second-order valence-electron chi connectivity index (χ2n) is 24.2. The van der Waals surface area contributed by atoms with E-state index in [1.807, 2.05) is 21.1 Å². The monoisotopic (exact) mass is 1120 g/mol. The van der Waals surface area contributed by atoms with Crippen LogP contribution >= 0.6 is 7.82 Å². The molecule has 0 aliphatic heterocycles. The van der Waals surface area contributed by atoms with Crippen LogP contribution in [0.25, 0.3) is 0 Å². The number of rotatable bonds is 63. The van der Waals surface area contributed by atoms with Crippen molar-refractivity contribution in [2.24, 2.45) is 0 Å². The van der Waals surface area contributed by atoms with E-state index in [4.69, 9.17) is 18.5 Å². The number of nitrogens with zero attached hydrogens (tertiary/aromatic N) is 1. The summed E-state index contributed by atoms with van der Waals surface area (Å²) in [5.41, 5.74) is 0. The Kier molecular flexibility index (Phi) is 58.5. The molecule has 10 heteroatoms. The Hall–Kier alpha value is -1.77. The van der Waals surface area contributed by atoms with Gasteiger partial charge in [0.05, 0.1) is 27.7 Å². The standard InChI is InChI=1S/C68H130NO8P/c1-6-8-10-12-14-16-18-20-22-24-25-26-27-28-29-30-31-32-33-34-35-36-37-38-39-40-41-42-43-45-46-48-50-52-54-56-58-60-67(70)74-64-66(65-76-78(72,73)75-63-62-69(3,4)5)77-68(71)61-59-57-55-53-51-49-47-44-23-21-19-17-15-13-11-9-7-2/h9,11,15,17,21,23,66H,6-8,10,12-14,16,18-20,22,24-65H2,1-5H3/b11-9-,17-15-,23-21-. The molecule has 0 aliphatic carbocycles. The average molecular weight is 1120 g/mol. The Labute approximate surface area is 484 Å². The lowest BCUT2D eigenvalue weighted by Gasteiger charge is -2.28. The summed E-state index contributed by atoms with van der Waals surface area (Å²) in [6.07, 6.45) is 75.3. The highest BCUT2D eigenvalue weighted by atomic mass is 31.2. The van der Waals surface area contributed by atoms with Crippen molar-refractivity contribution in [1.29, 1.82) is 0 Å². The zero-order valence-corrected chi connectivity index (χ0v) is 53.3. The minimum Gasteiger partial charge on any atom is -0.756 e. The van der Waals surface area contributed by atoms with Crippen molar-refractivity contribution < 1.29 is 42.1 Å². The van der Waals surface area contributed by atoms with Gasteiger partial charge < -0.3 is 27.9 Å². The van der Waals surface area contributed by atoms with E-state index in [1.165, 1.54) is 238 Å². The quantitative estimate of drug-likeness (QED) is 0.0195. The number of ether oxygens (including phenoxy) is 2. The molecule has 9 nitrogen and oxygen atoms in total. The van der Waals surface area contributed by atoms with Gasteiger partial charge in [-0.15, -0.1) is 0 Å². The van der Waals surface area contributed by atoms with Gasteiger partial charge in [0.2, 0.25) is 0 Å². The Morgan fingerprint density at radius 3 is 1.09 bits per heavy atom. The fraction of sp³-hybridized carbons (Fsp3) is 0.882. The number of quaternary nitrogens is 1. The largest absolute Gasteiger partial charge is 0.756 e. The molecule has 0 aliphatic rings. The van der Waals surface area contributed by atoms with E-state index in [0.717, 1.165) is 64.2 Å². The molecule has 0 bridgehead atoms. The highest BCUT2D eigenvalue weighted by Crippen LogP contribution is 2.38. The molecule has 0 saturated carbocycles. The smallest absolute Gasteiger partial charge is 0.306 e. The van der Waals surface area contributed by atoms with Gasteiger partial charge in [-0.25, -0.2) is 0 Å². The van der Waals surface area contributed by atoms with Gasteiger partial charge >= 0.3 is 11.9 Å². The molecule has 2 atom stereocenters. The van der Waals surface area contributed by atoms with Crippen LogP contribution in [0.2, 0.25) is 0 Å². The maximum absolute atomic E-state index is 12.8. The minimum absolute atomic E-state index is 0.0318. The van der Waals surface area contributed by atoms with Gasteiger partial charge in [-0.05, 0) is 44.9 Å². The summed E-state index contributed by atoms with van der Waals surface area (Å²) in [4.78, 5) is 37.9. The van der Waals surface area contributed by atoms with Crippen LogP contribution < -0.4 is 4.89 Å². The van der Waals surface area contributed by atoms with Gasteiger partial charge in [0, 0.05) is 12.8 Å². The first kappa shape index (κ1) is 76.2. The van der Waals surface area contributed by atoms with Gasteiger partial charge in [-0.3, -0.25) is 14.2 Å². The number of hydrogen-bond donors (Lipinski definition) is 0. The van der Waals surface area contributed by atoms with E-state index in [1.54, 1.807) is 0 Å². The molecule has 0 aromatic carbocycles. The van der Waals surface area contributed by atoms with Crippen molar-refractivity contribution in [1.82, 2.24) is 0 Å². The Morgan fingerprint density at radius 2 is 0.731 bits per heavy atom. The predicted octanol–water partition coefficient (Wildman–Crippen LogP) is 20.9. The number of likely N-dealkylation sites (N-methyl/N-ethyl adjacent to an activating group) is 1. The fourth-order valence-corrected chi connectivity index (χ4v) is 10.8. The van der Waals surface area contributed by atoms with E-state index >= 15 is 0 Å². The Morgan fingerprint density at radius 1 is 0.410 bits per heavy atom. The van der Waals surface area contributed by atoms with Crippen LogP contribution in [0.3, 0.4) is 0 Å². The molecule has 0 saturated heterocycles. The van der Waals surface area contributed by atoms with Crippen LogP contribution in [-0.2, 0) is 32.7 Å². The van der Waals surface area contributed by atoms with E-state index in [0.29, 0.717) is 17.4 Å². The summed E-state index contributed by atoms with van der Waals surface area (Å²) in [5.74, 6) is -0.830. The molecule has 0 radical (unpaired) electrons. The number of unbranched alkanes of at least 4 members (excludes halogenated alkanes) is 43. The predicted molar refractivity (Wildman–Crippen MR) is 333 cm³/mol. The first-order valence-corrected chi connectivity index (χ1v) is 35.2. The molecule has 0 N–H and O–H groups in total. The number of esters is 2. The zero-order valence-electron chi connectivity index (χ0n) is 52.4. The summed E-state index contributed by atoms with van der Waals surface area (Å²) >= 11 is 0. The number of hydrogen-bond acceptors (Lipinski definition) is 8. The van der Waals surface area contributed by atoms with E-state index in [-0.39, 0.29) is 32.0 Å². The van der Waals surface area contributed by atoms with Gasteiger partial charge in [-0.1, -0.05) is 314 Å². The Bertz CT molecular complexity index is 1410. The van der Waals surface area contributed by atoms with Crippen LogP contribution in [0.5, 0.6) is 0 Å². The second kappa shape index (κ2) is 59.8. The zero-order chi connectivity index (χ0) is 57.0. The second-order valence-corrected chi connectivity index (χ2v) is 25.6. The fourth-order valence-electron chi connectivity index (χ4n) is 10.0. The molecule has 460 valence electrons. The minimum atomic E-state index is -4.64. The van der Waals surface area contributed by atoms with Gasteiger partial charge in [0.25, 0.3) is 7.82 Å². The third kappa shape index (κ3) is 63.4. The summed E-state index contributed by atoms with van der Waals surface area (Å²) in [6, 6.07) is 0. The summed E-state index contributed by atoms with van der Waals surface area (Å²) in [5, 5.41) is 0. The summed E-state index contributed by atoms with van der Waals surface area (Å²) in [6.45, 7) is 4.17. The van der Waals surface area contributed by atoms with Gasteiger partial charge in [0.1, 0.15) is 19.8 Å². The van der Waals surface area contributed by atoms with Crippen molar-refractivity contribution in [3.05, 3.63) is 36.5 Å². The molecule has 0 aromatic heterocycles. The topological polar surface area (TPSA) is 111 Å². The lowest BCUT2D eigenvalue weighted by molar-refractivity contribution is -0.870. The van der Waals surface area contributed by atoms with Crippen LogP contribution in [0.15, 0.2) is 36.5 Å². The third-order valence-corrected chi connectivity index (χ3v) is 16.1. The van der Waals surface area contributed by atoms with Gasteiger partial charge in [0.15, 0.2) is 6.10 Å². The number of carbonyl (C=O) groups is 2. The number of allylic oxidation sites excluding steroid dienone is 6. The molecule has 0 fully saturated rings. The van der Waals surface area contributed by atoms with Crippen molar-refractivity contribution in [2.75, 3.05) is 47.5 Å². The summed E-state index contributed by atoms with van der Waals surface area (Å²) < 4.78 is 34.2. The molecule has 0 rings (SSSR count). The highest BCUT2D eigenvalue weighted by molar-refractivity contribution is 7.45. The van der Waals surface area contributed by atoms with E-state index in [2.05, 4.69) is 50.3 Å². The average Bonchev–Trinajstić information content (AvgIpc) is 3.40. The molecule has 2 unspecified atom stereocenters. The SMILES string of the molecule is CC/C=C\C/C=C\C/C=C\CCCCCCCCCC(=O)OC(COC(=O)CCCCCCCCCCCCCCCCCCCCCCCCCCCCCCCCCCCCCCC)COP(=O)([O-])OCC[N+](C)(C)C. The Balaban J connectivity index is 3.89. The molecule has 0 heterocycles. The van der Waals surface area contributed by atoms with Crippen molar-refractivity contribution in [3.8, 4) is 0 Å². The normalized spacial score (nSPS) is 13.4.